The zero-order chi connectivity index (χ0) is 22.6. The molecule has 3 aromatic rings. The third-order valence-electron chi connectivity index (χ3n) is 3.73. The maximum atomic E-state index is 12.8. The molecule has 0 atom stereocenters. The Morgan fingerprint density at radius 2 is 1.71 bits per heavy atom. The van der Waals surface area contributed by atoms with Crippen molar-refractivity contribution in [2.45, 2.75) is 4.90 Å². The Kier molecular flexibility index (Phi) is 6.17. The molecule has 0 aliphatic carbocycles. The van der Waals surface area contributed by atoms with E-state index in [1.54, 1.807) is 0 Å². The van der Waals surface area contributed by atoms with Crippen molar-refractivity contribution in [3.63, 3.8) is 0 Å². The van der Waals surface area contributed by atoms with E-state index in [2.05, 4.69) is 15.2 Å². The SMILES string of the molecule is O=[N+]([O-])c1ccc(N/N=C/c2ccc([N+](=O)[O-])o2)c(S(=O)(=O)Nc2ccc(Cl)cc2)c1. The molecule has 0 spiro atoms. The molecule has 160 valence electrons. The van der Waals surface area contributed by atoms with E-state index < -0.39 is 36.3 Å². The van der Waals surface area contributed by atoms with Crippen molar-refractivity contribution >= 4 is 50.8 Å². The molecular weight excluding hydrogens is 454 g/mol. The topological polar surface area (TPSA) is 170 Å². The number of benzene rings is 2. The van der Waals surface area contributed by atoms with Crippen molar-refractivity contribution in [3.8, 4) is 0 Å². The number of halogens is 1. The molecule has 0 radical (unpaired) electrons. The summed E-state index contributed by atoms with van der Waals surface area (Å²) in [5, 5.41) is 25.9. The smallest absolute Gasteiger partial charge is 0.400 e. The van der Waals surface area contributed by atoms with E-state index >= 15 is 0 Å². The van der Waals surface area contributed by atoms with Gasteiger partial charge in [-0.25, -0.2) is 8.42 Å². The van der Waals surface area contributed by atoms with Crippen LogP contribution in [-0.4, -0.2) is 24.5 Å². The molecule has 0 amide bonds. The third kappa shape index (κ3) is 5.34. The first kappa shape index (κ1) is 21.7. The Morgan fingerprint density at radius 1 is 1.00 bits per heavy atom. The van der Waals surface area contributed by atoms with E-state index in [-0.39, 0.29) is 17.1 Å². The van der Waals surface area contributed by atoms with Gasteiger partial charge in [0, 0.05) is 22.8 Å². The van der Waals surface area contributed by atoms with Gasteiger partial charge in [0.1, 0.15) is 9.82 Å². The predicted octanol–water partition coefficient (Wildman–Crippen LogP) is 4.00. The van der Waals surface area contributed by atoms with E-state index in [4.69, 9.17) is 16.0 Å². The quantitative estimate of drug-likeness (QED) is 0.285. The van der Waals surface area contributed by atoms with Gasteiger partial charge in [0.2, 0.25) is 0 Å². The fourth-order valence-corrected chi connectivity index (χ4v) is 3.70. The number of nitrogens with one attached hydrogen (secondary N) is 2. The lowest BCUT2D eigenvalue weighted by Gasteiger charge is -2.12. The fourth-order valence-electron chi connectivity index (χ4n) is 2.34. The maximum Gasteiger partial charge on any atom is 0.433 e. The zero-order valence-electron chi connectivity index (χ0n) is 15.3. The number of hydrogen-bond donors (Lipinski definition) is 2. The Hall–Kier alpha value is -3.97. The van der Waals surface area contributed by atoms with E-state index in [1.807, 2.05) is 0 Å². The summed E-state index contributed by atoms with van der Waals surface area (Å²) < 4.78 is 32.9. The summed E-state index contributed by atoms with van der Waals surface area (Å²) in [4.78, 5) is 19.8. The lowest BCUT2D eigenvalue weighted by Crippen LogP contribution is -2.15. The summed E-state index contributed by atoms with van der Waals surface area (Å²) in [6.45, 7) is 0. The summed E-state index contributed by atoms with van der Waals surface area (Å²) in [5.41, 5.74) is 2.10. The molecule has 14 heteroatoms. The Balaban J connectivity index is 1.91. The van der Waals surface area contributed by atoms with Gasteiger partial charge in [-0.15, -0.1) is 0 Å². The summed E-state index contributed by atoms with van der Waals surface area (Å²) in [5.74, 6) is -0.461. The first-order valence-electron chi connectivity index (χ1n) is 8.26. The number of hydrazone groups is 1. The fraction of sp³-hybridized carbons (Fsp3) is 0. The number of furan rings is 1. The van der Waals surface area contributed by atoms with Gasteiger partial charge in [-0.1, -0.05) is 11.6 Å². The van der Waals surface area contributed by atoms with Crippen LogP contribution in [0.1, 0.15) is 5.76 Å². The third-order valence-corrected chi connectivity index (χ3v) is 5.40. The number of nitro benzene ring substituents is 1. The van der Waals surface area contributed by atoms with Crippen molar-refractivity contribution in [1.82, 2.24) is 0 Å². The first-order valence-corrected chi connectivity index (χ1v) is 10.1. The van der Waals surface area contributed by atoms with Crippen molar-refractivity contribution in [3.05, 3.63) is 85.6 Å². The van der Waals surface area contributed by atoms with E-state index in [0.29, 0.717) is 5.02 Å². The summed E-state index contributed by atoms with van der Waals surface area (Å²) in [6, 6.07) is 11.3. The number of hydrogen-bond acceptors (Lipinski definition) is 9. The van der Waals surface area contributed by atoms with Crippen LogP contribution in [0.2, 0.25) is 5.02 Å². The number of nitro groups is 2. The average Bonchev–Trinajstić information content (AvgIpc) is 3.19. The number of rotatable bonds is 8. The zero-order valence-corrected chi connectivity index (χ0v) is 16.8. The molecule has 31 heavy (non-hydrogen) atoms. The van der Waals surface area contributed by atoms with Gasteiger partial charge in [0.05, 0.1) is 22.9 Å². The summed E-state index contributed by atoms with van der Waals surface area (Å²) in [7, 11) is -4.26. The minimum Gasteiger partial charge on any atom is -0.400 e. The van der Waals surface area contributed by atoms with Gasteiger partial charge in [-0.3, -0.25) is 30.4 Å². The Bertz CT molecular complexity index is 1270. The second-order valence-corrected chi connectivity index (χ2v) is 7.94. The van der Waals surface area contributed by atoms with E-state index in [0.717, 1.165) is 30.5 Å². The van der Waals surface area contributed by atoms with Crippen LogP contribution in [0, 0.1) is 20.2 Å². The van der Waals surface area contributed by atoms with Gasteiger partial charge in [0.25, 0.3) is 15.7 Å². The second kappa shape index (κ2) is 8.81. The molecular formula is C17H12ClN5O7S. The molecule has 1 heterocycles. The number of sulfonamides is 1. The highest BCUT2D eigenvalue weighted by molar-refractivity contribution is 7.92. The van der Waals surface area contributed by atoms with Crippen LogP contribution in [-0.2, 0) is 10.0 Å². The highest BCUT2D eigenvalue weighted by Gasteiger charge is 2.23. The van der Waals surface area contributed by atoms with Gasteiger partial charge < -0.3 is 4.42 Å². The average molecular weight is 466 g/mol. The number of nitrogens with zero attached hydrogens (tertiary/aromatic N) is 3. The van der Waals surface area contributed by atoms with Gasteiger partial charge >= 0.3 is 5.88 Å². The summed E-state index contributed by atoms with van der Waals surface area (Å²) >= 11 is 5.78. The van der Waals surface area contributed by atoms with Crippen LogP contribution >= 0.6 is 11.6 Å². The molecule has 3 rings (SSSR count). The van der Waals surface area contributed by atoms with Gasteiger partial charge in [-0.2, -0.15) is 5.10 Å². The monoisotopic (exact) mass is 465 g/mol. The van der Waals surface area contributed by atoms with Crippen molar-refractivity contribution in [1.29, 1.82) is 0 Å². The Morgan fingerprint density at radius 3 is 2.32 bits per heavy atom. The van der Waals surface area contributed by atoms with Crippen LogP contribution in [0.3, 0.4) is 0 Å². The summed E-state index contributed by atoms with van der Waals surface area (Å²) in [6.07, 6.45) is 1.08. The molecule has 0 unspecified atom stereocenters. The molecule has 2 aromatic carbocycles. The molecule has 0 saturated carbocycles. The molecule has 0 saturated heterocycles. The molecule has 0 bridgehead atoms. The minimum atomic E-state index is -4.26. The number of anilines is 2. The van der Waals surface area contributed by atoms with Crippen LogP contribution in [0.25, 0.3) is 0 Å². The van der Waals surface area contributed by atoms with Crippen LogP contribution in [0.15, 0.2) is 69.0 Å². The van der Waals surface area contributed by atoms with E-state index in [1.165, 1.54) is 30.3 Å². The van der Waals surface area contributed by atoms with Crippen molar-refractivity contribution in [2.75, 3.05) is 10.1 Å². The second-order valence-electron chi connectivity index (χ2n) is 5.85. The molecule has 2 N–H and O–H groups in total. The highest BCUT2D eigenvalue weighted by atomic mass is 35.5. The highest BCUT2D eigenvalue weighted by Crippen LogP contribution is 2.28. The van der Waals surface area contributed by atoms with Crippen LogP contribution in [0.5, 0.6) is 0 Å². The Labute approximate surface area is 179 Å². The standard InChI is InChI=1S/C17H12ClN5O7S/c18-11-1-3-12(4-2-11)21-31(28,29)16-9-13(22(24)25)5-7-15(16)20-19-10-14-6-8-17(30-14)23(26)27/h1-10,20-21H/b19-10+. The minimum absolute atomic E-state index is 0.0322. The van der Waals surface area contributed by atoms with Crippen molar-refractivity contribution in [2.24, 2.45) is 5.10 Å². The lowest BCUT2D eigenvalue weighted by molar-refractivity contribution is -0.402. The largest absolute Gasteiger partial charge is 0.433 e. The molecule has 1 aromatic heterocycles. The van der Waals surface area contributed by atoms with Crippen LogP contribution < -0.4 is 10.1 Å². The van der Waals surface area contributed by atoms with E-state index in [9.17, 15) is 28.6 Å². The number of non-ortho nitro benzene ring substituents is 1. The first-order chi connectivity index (χ1) is 14.7. The van der Waals surface area contributed by atoms with Gasteiger partial charge in [-0.05, 0) is 36.4 Å². The van der Waals surface area contributed by atoms with Gasteiger partial charge in [0.15, 0.2) is 5.76 Å². The predicted molar refractivity (Wildman–Crippen MR) is 112 cm³/mol. The molecule has 0 aliphatic heterocycles. The lowest BCUT2D eigenvalue weighted by atomic mass is 10.3. The van der Waals surface area contributed by atoms with Crippen molar-refractivity contribution < 1.29 is 22.7 Å². The maximum absolute atomic E-state index is 12.8. The molecule has 0 aliphatic rings. The molecule has 12 nitrogen and oxygen atoms in total. The normalized spacial score (nSPS) is 11.4. The van der Waals surface area contributed by atoms with Crippen LogP contribution in [0.4, 0.5) is 22.9 Å². The molecule has 0 fully saturated rings.